The van der Waals surface area contributed by atoms with Crippen LogP contribution in [0.15, 0.2) is 12.1 Å². The van der Waals surface area contributed by atoms with Crippen molar-refractivity contribution in [2.45, 2.75) is 6.36 Å². The van der Waals surface area contributed by atoms with Crippen LogP contribution >= 0.6 is 0 Å². The smallest absolute Gasteiger partial charge is 0.465 e. The van der Waals surface area contributed by atoms with Gasteiger partial charge in [0.05, 0.1) is 12.0 Å². The highest BCUT2D eigenvalue weighted by molar-refractivity contribution is 5.98. The Morgan fingerprint density at radius 3 is 2.45 bits per heavy atom. The van der Waals surface area contributed by atoms with Gasteiger partial charge in [-0.1, -0.05) is 0 Å². The molecular weight excluding hydrogens is 285 g/mol. The Kier molecular flexibility index (Phi) is 4.14. The largest absolute Gasteiger partial charge is 0.573 e. The van der Waals surface area contributed by atoms with E-state index < -0.39 is 39.8 Å². The summed E-state index contributed by atoms with van der Waals surface area (Å²) in [7, 11) is 0.822. The number of hydrogen-bond donors (Lipinski definition) is 0. The van der Waals surface area contributed by atoms with Crippen LogP contribution < -0.4 is 4.74 Å². The van der Waals surface area contributed by atoms with Gasteiger partial charge in [0.15, 0.2) is 11.3 Å². The number of alkyl halides is 3. The van der Waals surface area contributed by atoms with Crippen molar-refractivity contribution in [2.75, 3.05) is 7.11 Å². The van der Waals surface area contributed by atoms with E-state index in [0.717, 1.165) is 13.2 Å². The fraction of sp³-hybridized carbons (Fsp3) is 0.200. The third-order valence-corrected chi connectivity index (χ3v) is 2.06. The van der Waals surface area contributed by atoms with Crippen LogP contribution in [-0.2, 0) is 4.74 Å². The molecule has 20 heavy (non-hydrogen) atoms. The van der Waals surface area contributed by atoms with E-state index in [0.29, 0.717) is 6.07 Å². The number of benzene rings is 1. The maximum atomic E-state index is 12.2. The second kappa shape index (κ2) is 5.43. The molecular formula is C10H5F3N2O5. The summed E-state index contributed by atoms with van der Waals surface area (Å²) in [6, 6.07) is 2.77. The van der Waals surface area contributed by atoms with E-state index in [4.69, 9.17) is 5.26 Å². The van der Waals surface area contributed by atoms with Crippen molar-refractivity contribution in [3.8, 4) is 11.8 Å². The lowest BCUT2D eigenvalue weighted by Crippen LogP contribution is -2.20. The van der Waals surface area contributed by atoms with Crippen LogP contribution in [-0.4, -0.2) is 24.4 Å². The van der Waals surface area contributed by atoms with Crippen LogP contribution in [0.25, 0.3) is 0 Å². The Balaban J connectivity index is 3.62. The number of nitro benzene ring substituents is 1. The number of carbonyl (C=O) groups is 1. The summed E-state index contributed by atoms with van der Waals surface area (Å²) < 4.78 is 44.3. The van der Waals surface area contributed by atoms with E-state index in [2.05, 4.69) is 9.47 Å². The Labute approximate surface area is 109 Å². The fourth-order valence-electron chi connectivity index (χ4n) is 1.36. The van der Waals surface area contributed by atoms with Crippen LogP contribution in [0.1, 0.15) is 15.9 Å². The van der Waals surface area contributed by atoms with Crippen LogP contribution in [0.4, 0.5) is 18.9 Å². The SMILES string of the molecule is COC(=O)c1c(OC(F)(F)F)ccc(C#N)c1[N+](=O)[O-]. The monoisotopic (exact) mass is 290 g/mol. The third-order valence-electron chi connectivity index (χ3n) is 2.06. The van der Waals surface area contributed by atoms with Gasteiger partial charge in [0.25, 0.3) is 0 Å². The van der Waals surface area contributed by atoms with Crippen LogP contribution in [0.5, 0.6) is 5.75 Å². The van der Waals surface area contributed by atoms with E-state index >= 15 is 0 Å². The van der Waals surface area contributed by atoms with Gasteiger partial charge in [-0.25, -0.2) is 4.79 Å². The molecule has 0 spiro atoms. The molecule has 0 aliphatic heterocycles. The van der Waals surface area contributed by atoms with Gasteiger partial charge in [0.1, 0.15) is 11.6 Å². The molecule has 1 aromatic rings. The van der Waals surface area contributed by atoms with Crippen molar-refractivity contribution in [1.29, 1.82) is 5.26 Å². The molecule has 0 aliphatic carbocycles. The van der Waals surface area contributed by atoms with E-state index in [9.17, 15) is 28.1 Å². The molecule has 0 unspecified atom stereocenters. The van der Waals surface area contributed by atoms with E-state index in [1.54, 1.807) is 0 Å². The van der Waals surface area contributed by atoms with Crippen molar-refractivity contribution in [2.24, 2.45) is 0 Å². The second-order valence-electron chi connectivity index (χ2n) is 3.24. The summed E-state index contributed by atoms with van der Waals surface area (Å²) in [6.07, 6.45) is -5.16. The predicted molar refractivity (Wildman–Crippen MR) is 55.8 cm³/mol. The number of ether oxygens (including phenoxy) is 2. The topological polar surface area (TPSA) is 102 Å². The highest BCUT2D eigenvalue weighted by Crippen LogP contribution is 2.35. The number of nitro groups is 1. The number of nitrogens with zero attached hydrogens (tertiary/aromatic N) is 2. The molecule has 0 radical (unpaired) electrons. The first-order chi connectivity index (χ1) is 9.21. The number of carbonyl (C=O) groups excluding carboxylic acids is 1. The fourth-order valence-corrected chi connectivity index (χ4v) is 1.36. The van der Waals surface area contributed by atoms with Gasteiger partial charge in [-0.2, -0.15) is 5.26 Å². The minimum absolute atomic E-state index is 0.593. The van der Waals surface area contributed by atoms with Crippen molar-refractivity contribution < 1.29 is 32.4 Å². The number of halogens is 3. The van der Waals surface area contributed by atoms with E-state index in [1.807, 2.05) is 0 Å². The molecule has 0 aliphatic rings. The Bertz CT molecular complexity index is 606. The van der Waals surface area contributed by atoms with Gasteiger partial charge in [-0.3, -0.25) is 10.1 Å². The number of hydrogen-bond acceptors (Lipinski definition) is 6. The maximum absolute atomic E-state index is 12.2. The number of nitriles is 1. The molecule has 0 saturated heterocycles. The molecule has 1 aromatic carbocycles. The number of esters is 1. The summed E-state index contributed by atoms with van der Waals surface area (Å²) >= 11 is 0. The molecule has 7 nitrogen and oxygen atoms in total. The molecule has 0 saturated carbocycles. The normalized spacial score (nSPS) is 10.6. The summed E-state index contributed by atoms with van der Waals surface area (Å²) in [5, 5.41) is 19.5. The zero-order chi connectivity index (χ0) is 15.5. The van der Waals surface area contributed by atoms with Crippen LogP contribution in [0.2, 0.25) is 0 Å². The molecule has 1 rings (SSSR count). The first kappa shape index (κ1) is 15.2. The van der Waals surface area contributed by atoms with Crippen LogP contribution in [0, 0.1) is 21.4 Å². The minimum Gasteiger partial charge on any atom is -0.465 e. The molecule has 0 atom stereocenters. The molecule has 0 heterocycles. The lowest BCUT2D eigenvalue weighted by molar-refractivity contribution is -0.385. The van der Waals surface area contributed by atoms with Gasteiger partial charge in [0, 0.05) is 0 Å². The standard InChI is InChI=1S/C10H5F3N2O5/c1-19-9(16)7-6(20-10(11,12)13)3-2-5(4-14)8(7)15(17)18/h2-3H,1H3. The maximum Gasteiger partial charge on any atom is 0.573 e. The highest BCUT2D eigenvalue weighted by Gasteiger charge is 2.37. The zero-order valence-corrected chi connectivity index (χ0v) is 9.72. The van der Waals surface area contributed by atoms with Crippen molar-refractivity contribution in [1.82, 2.24) is 0 Å². The summed E-state index contributed by atoms with van der Waals surface area (Å²) in [6.45, 7) is 0. The summed E-state index contributed by atoms with van der Waals surface area (Å²) in [5.41, 5.74) is -2.78. The van der Waals surface area contributed by atoms with Gasteiger partial charge in [-0.15, -0.1) is 13.2 Å². The molecule has 0 aromatic heterocycles. The van der Waals surface area contributed by atoms with Crippen LogP contribution in [0.3, 0.4) is 0 Å². The Morgan fingerprint density at radius 1 is 1.45 bits per heavy atom. The first-order valence-corrected chi connectivity index (χ1v) is 4.76. The Morgan fingerprint density at radius 2 is 2.05 bits per heavy atom. The number of rotatable bonds is 3. The zero-order valence-electron chi connectivity index (χ0n) is 9.72. The minimum atomic E-state index is -5.16. The van der Waals surface area contributed by atoms with Gasteiger partial charge in [-0.05, 0) is 12.1 Å². The third kappa shape index (κ3) is 3.14. The van der Waals surface area contributed by atoms with Gasteiger partial charge >= 0.3 is 18.0 Å². The molecule has 0 fully saturated rings. The predicted octanol–water partition coefficient (Wildman–Crippen LogP) is 2.15. The molecule has 106 valence electrons. The first-order valence-electron chi connectivity index (χ1n) is 4.76. The highest BCUT2D eigenvalue weighted by atomic mass is 19.4. The molecule has 0 bridgehead atoms. The van der Waals surface area contributed by atoms with Gasteiger partial charge in [0.2, 0.25) is 0 Å². The molecule has 0 N–H and O–H groups in total. The van der Waals surface area contributed by atoms with Crippen molar-refractivity contribution >= 4 is 11.7 Å². The van der Waals surface area contributed by atoms with E-state index in [1.165, 1.54) is 6.07 Å². The average molecular weight is 290 g/mol. The Hall–Kier alpha value is -2.83. The van der Waals surface area contributed by atoms with Crippen molar-refractivity contribution in [3.05, 3.63) is 33.4 Å². The summed E-state index contributed by atoms with van der Waals surface area (Å²) in [5.74, 6) is -2.54. The molecule has 10 heteroatoms. The lowest BCUT2D eigenvalue weighted by atomic mass is 10.1. The van der Waals surface area contributed by atoms with E-state index in [-0.39, 0.29) is 0 Å². The summed E-state index contributed by atoms with van der Waals surface area (Å²) in [4.78, 5) is 21.1. The quantitative estimate of drug-likeness (QED) is 0.480. The van der Waals surface area contributed by atoms with Gasteiger partial charge < -0.3 is 9.47 Å². The average Bonchev–Trinajstić information content (AvgIpc) is 2.35. The molecule has 0 amide bonds. The second-order valence-corrected chi connectivity index (χ2v) is 3.24. The lowest BCUT2D eigenvalue weighted by Gasteiger charge is -2.12. The van der Waals surface area contributed by atoms with Crippen molar-refractivity contribution in [3.63, 3.8) is 0 Å². The number of methoxy groups -OCH3 is 1.